The molecule has 0 spiro atoms. The first-order valence-corrected chi connectivity index (χ1v) is 5.53. The van der Waals surface area contributed by atoms with Gasteiger partial charge in [0.1, 0.15) is 0 Å². The van der Waals surface area contributed by atoms with Crippen molar-refractivity contribution in [2.24, 2.45) is 5.41 Å². The zero-order valence-corrected chi connectivity index (χ0v) is 9.49. The summed E-state index contributed by atoms with van der Waals surface area (Å²) in [5.41, 5.74) is 1.60. The summed E-state index contributed by atoms with van der Waals surface area (Å²) in [6, 6.07) is 2.07. The summed E-state index contributed by atoms with van der Waals surface area (Å²) in [4.78, 5) is 0. The first-order valence-electron chi connectivity index (χ1n) is 5.53. The maximum absolute atomic E-state index is 5.21. The fourth-order valence-electron chi connectivity index (χ4n) is 1.84. The van der Waals surface area contributed by atoms with Crippen LogP contribution in [0.2, 0.25) is 0 Å². The van der Waals surface area contributed by atoms with E-state index in [-0.39, 0.29) is 0 Å². The third-order valence-electron chi connectivity index (χ3n) is 2.86. The largest absolute Gasteiger partial charge is 0.380 e. The second kappa shape index (κ2) is 4.33. The summed E-state index contributed by atoms with van der Waals surface area (Å²) >= 11 is 0. The highest BCUT2D eigenvalue weighted by molar-refractivity contribution is 5.00. The molecule has 1 N–H and O–H groups in total. The van der Waals surface area contributed by atoms with Gasteiger partial charge >= 0.3 is 0 Å². The third kappa shape index (κ3) is 2.38. The maximum Gasteiger partial charge on any atom is 0.0554 e. The molecule has 1 aliphatic heterocycles. The molecule has 1 fully saturated rings. The van der Waals surface area contributed by atoms with Crippen molar-refractivity contribution >= 4 is 0 Å². The van der Waals surface area contributed by atoms with Gasteiger partial charge in [0, 0.05) is 31.2 Å². The standard InChI is InChI=1S/C11H19N3O/c1-3-14-10(4-5-13-14)6-12-7-11(2)8-15-9-11/h4-5,12H,3,6-9H2,1-2H3. The summed E-state index contributed by atoms with van der Waals surface area (Å²) < 4.78 is 7.23. The Morgan fingerprint density at radius 1 is 1.60 bits per heavy atom. The van der Waals surface area contributed by atoms with Gasteiger partial charge in [-0.2, -0.15) is 5.10 Å². The Morgan fingerprint density at radius 3 is 3.00 bits per heavy atom. The van der Waals surface area contributed by atoms with Crippen molar-refractivity contribution in [1.29, 1.82) is 0 Å². The quantitative estimate of drug-likeness (QED) is 0.787. The molecule has 4 nitrogen and oxygen atoms in total. The van der Waals surface area contributed by atoms with E-state index in [4.69, 9.17) is 4.74 Å². The Kier molecular flexibility index (Phi) is 3.07. The van der Waals surface area contributed by atoms with E-state index in [1.54, 1.807) is 0 Å². The highest BCUT2D eigenvalue weighted by Crippen LogP contribution is 2.25. The zero-order valence-electron chi connectivity index (χ0n) is 9.49. The fourth-order valence-corrected chi connectivity index (χ4v) is 1.84. The Bertz CT molecular complexity index is 317. The van der Waals surface area contributed by atoms with Gasteiger partial charge in [0.25, 0.3) is 0 Å². The number of rotatable bonds is 5. The monoisotopic (exact) mass is 209 g/mol. The van der Waals surface area contributed by atoms with E-state index < -0.39 is 0 Å². The molecule has 2 rings (SSSR count). The summed E-state index contributed by atoms with van der Waals surface area (Å²) in [7, 11) is 0. The molecule has 1 saturated heterocycles. The lowest BCUT2D eigenvalue weighted by Crippen LogP contribution is -2.47. The third-order valence-corrected chi connectivity index (χ3v) is 2.86. The molecule has 0 saturated carbocycles. The predicted octanol–water partition coefficient (Wildman–Crippen LogP) is 1.03. The molecular formula is C11H19N3O. The molecule has 0 aliphatic carbocycles. The topological polar surface area (TPSA) is 39.1 Å². The van der Waals surface area contributed by atoms with Crippen molar-refractivity contribution in [1.82, 2.24) is 15.1 Å². The number of aromatic nitrogens is 2. The minimum Gasteiger partial charge on any atom is -0.380 e. The van der Waals surface area contributed by atoms with Crippen LogP contribution < -0.4 is 5.32 Å². The number of hydrogen-bond acceptors (Lipinski definition) is 3. The highest BCUT2D eigenvalue weighted by atomic mass is 16.5. The molecule has 1 aromatic rings. The van der Waals surface area contributed by atoms with Gasteiger partial charge in [0.15, 0.2) is 0 Å². The number of nitrogens with zero attached hydrogens (tertiary/aromatic N) is 2. The summed E-state index contributed by atoms with van der Waals surface area (Å²) in [6.07, 6.45) is 1.86. The lowest BCUT2D eigenvalue weighted by atomic mass is 9.89. The van der Waals surface area contributed by atoms with Crippen LogP contribution in [0.15, 0.2) is 12.3 Å². The molecule has 84 valence electrons. The van der Waals surface area contributed by atoms with Gasteiger partial charge in [-0.15, -0.1) is 0 Å². The van der Waals surface area contributed by atoms with Gasteiger partial charge in [0.05, 0.1) is 18.9 Å². The van der Waals surface area contributed by atoms with E-state index >= 15 is 0 Å². The molecule has 1 aliphatic rings. The number of aryl methyl sites for hydroxylation is 1. The van der Waals surface area contributed by atoms with E-state index in [0.717, 1.165) is 32.8 Å². The smallest absolute Gasteiger partial charge is 0.0554 e. The van der Waals surface area contributed by atoms with Crippen LogP contribution in [0, 0.1) is 5.41 Å². The molecular weight excluding hydrogens is 190 g/mol. The molecule has 4 heteroatoms. The Labute approximate surface area is 90.6 Å². The Balaban J connectivity index is 1.78. The molecule has 0 bridgehead atoms. The average molecular weight is 209 g/mol. The minimum absolute atomic E-state index is 0.344. The molecule has 2 heterocycles. The van der Waals surface area contributed by atoms with Crippen molar-refractivity contribution in [3.05, 3.63) is 18.0 Å². The molecule has 0 unspecified atom stereocenters. The van der Waals surface area contributed by atoms with Crippen LogP contribution in [0.5, 0.6) is 0 Å². The zero-order chi connectivity index (χ0) is 10.7. The Morgan fingerprint density at radius 2 is 2.40 bits per heavy atom. The van der Waals surface area contributed by atoms with E-state index in [1.165, 1.54) is 5.69 Å². The van der Waals surface area contributed by atoms with Gasteiger partial charge in [0.2, 0.25) is 0 Å². The molecule has 0 aromatic carbocycles. The van der Waals surface area contributed by atoms with Gasteiger partial charge in [-0.25, -0.2) is 0 Å². The lowest BCUT2D eigenvalue weighted by molar-refractivity contribution is -0.0992. The number of hydrogen-bond donors (Lipinski definition) is 1. The first kappa shape index (κ1) is 10.6. The normalized spacial score (nSPS) is 18.8. The van der Waals surface area contributed by atoms with Crippen molar-refractivity contribution < 1.29 is 4.74 Å². The van der Waals surface area contributed by atoms with Crippen molar-refractivity contribution in [2.45, 2.75) is 26.9 Å². The number of ether oxygens (including phenoxy) is 1. The number of nitrogens with one attached hydrogen (secondary N) is 1. The van der Waals surface area contributed by atoms with Crippen LogP contribution in [0.25, 0.3) is 0 Å². The van der Waals surface area contributed by atoms with Crippen molar-refractivity contribution in [3.8, 4) is 0 Å². The van der Waals surface area contributed by atoms with E-state index in [0.29, 0.717) is 5.41 Å². The average Bonchev–Trinajstić information content (AvgIpc) is 2.63. The van der Waals surface area contributed by atoms with E-state index in [2.05, 4.69) is 30.3 Å². The van der Waals surface area contributed by atoms with Crippen LogP contribution in [-0.2, 0) is 17.8 Å². The molecule has 0 atom stereocenters. The van der Waals surface area contributed by atoms with Crippen LogP contribution in [0.4, 0.5) is 0 Å². The van der Waals surface area contributed by atoms with Crippen LogP contribution in [0.3, 0.4) is 0 Å². The predicted molar refractivity (Wildman–Crippen MR) is 58.5 cm³/mol. The van der Waals surface area contributed by atoms with Gasteiger partial charge in [-0.3, -0.25) is 4.68 Å². The van der Waals surface area contributed by atoms with Crippen LogP contribution >= 0.6 is 0 Å². The summed E-state index contributed by atoms with van der Waals surface area (Å²) in [5.74, 6) is 0. The lowest BCUT2D eigenvalue weighted by Gasteiger charge is -2.38. The fraction of sp³-hybridized carbons (Fsp3) is 0.727. The molecule has 0 radical (unpaired) electrons. The van der Waals surface area contributed by atoms with E-state index in [9.17, 15) is 0 Å². The Hall–Kier alpha value is -0.870. The minimum atomic E-state index is 0.344. The summed E-state index contributed by atoms with van der Waals surface area (Å²) in [5, 5.41) is 7.70. The molecule has 1 aromatic heterocycles. The van der Waals surface area contributed by atoms with Crippen molar-refractivity contribution in [3.63, 3.8) is 0 Å². The first-order chi connectivity index (χ1) is 7.23. The molecule has 0 amide bonds. The summed E-state index contributed by atoms with van der Waals surface area (Å²) in [6.45, 7) is 8.97. The molecule has 15 heavy (non-hydrogen) atoms. The highest BCUT2D eigenvalue weighted by Gasteiger charge is 2.32. The van der Waals surface area contributed by atoms with E-state index in [1.807, 2.05) is 10.9 Å². The second-order valence-electron chi connectivity index (χ2n) is 4.55. The van der Waals surface area contributed by atoms with Gasteiger partial charge in [-0.05, 0) is 13.0 Å². The van der Waals surface area contributed by atoms with Gasteiger partial charge in [-0.1, -0.05) is 6.92 Å². The maximum atomic E-state index is 5.21. The van der Waals surface area contributed by atoms with Crippen molar-refractivity contribution in [2.75, 3.05) is 19.8 Å². The second-order valence-corrected chi connectivity index (χ2v) is 4.55. The van der Waals surface area contributed by atoms with Crippen LogP contribution in [-0.4, -0.2) is 29.5 Å². The SMILES string of the molecule is CCn1nccc1CNCC1(C)COC1. The van der Waals surface area contributed by atoms with Gasteiger partial charge < -0.3 is 10.1 Å². The van der Waals surface area contributed by atoms with Crippen LogP contribution in [0.1, 0.15) is 19.5 Å².